The van der Waals surface area contributed by atoms with E-state index in [0.717, 1.165) is 41.5 Å². The van der Waals surface area contributed by atoms with E-state index in [1.807, 2.05) is 42.3 Å². The second kappa shape index (κ2) is 7.92. The highest BCUT2D eigenvalue weighted by Crippen LogP contribution is 2.22. The van der Waals surface area contributed by atoms with E-state index in [1.165, 1.54) is 0 Å². The van der Waals surface area contributed by atoms with E-state index < -0.39 is 0 Å². The molecule has 0 aliphatic carbocycles. The summed E-state index contributed by atoms with van der Waals surface area (Å²) in [6.45, 7) is 1.97. The lowest BCUT2D eigenvalue weighted by Gasteiger charge is -2.32. The lowest BCUT2D eigenvalue weighted by molar-refractivity contribution is -0.134. The van der Waals surface area contributed by atoms with Crippen LogP contribution in [0.25, 0.3) is 10.9 Å². The van der Waals surface area contributed by atoms with Crippen LogP contribution in [0.1, 0.15) is 24.1 Å². The van der Waals surface area contributed by atoms with Gasteiger partial charge in [0.2, 0.25) is 5.91 Å². The number of benzene rings is 1. The number of fused-ring (bicyclic) bond motifs is 1. The van der Waals surface area contributed by atoms with Gasteiger partial charge in [-0.2, -0.15) is 0 Å². The molecule has 1 fully saturated rings. The molecule has 1 atom stereocenters. The Bertz CT molecular complexity index is 920. The van der Waals surface area contributed by atoms with Crippen molar-refractivity contribution in [2.45, 2.75) is 32.0 Å². The smallest absolute Gasteiger partial charge is 0.227 e. The molecule has 3 heterocycles. The quantitative estimate of drug-likeness (QED) is 0.699. The third-order valence-electron chi connectivity index (χ3n) is 5.25. The summed E-state index contributed by atoms with van der Waals surface area (Å²) in [4.78, 5) is 19.1. The van der Waals surface area contributed by atoms with Crippen molar-refractivity contribution in [2.24, 2.45) is 7.05 Å². The molecule has 0 N–H and O–H groups in total. The maximum atomic E-state index is 12.9. The number of rotatable bonds is 5. The SMILES string of the molecule is Cn1cc(CC(=O)N2CCCC(OCc3ccccn3)C2)c2ccccc21. The van der Waals surface area contributed by atoms with Crippen molar-refractivity contribution in [1.82, 2.24) is 14.5 Å². The Labute approximate surface area is 159 Å². The van der Waals surface area contributed by atoms with Gasteiger partial charge in [0.25, 0.3) is 0 Å². The number of nitrogens with zero attached hydrogens (tertiary/aromatic N) is 3. The second-order valence-corrected chi connectivity index (χ2v) is 7.20. The first-order valence-corrected chi connectivity index (χ1v) is 9.53. The van der Waals surface area contributed by atoms with Crippen LogP contribution in [-0.2, 0) is 29.6 Å². The van der Waals surface area contributed by atoms with E-state index in [0.29, 0.717) is 19.6 Å². The molecule has 1 aliphatic rings. The summed E-state index contributed by atoms with van der Waals surface area (Å²) in [7, 11) is 2.03. The van der Waals surface area contributed by atoms with Gasteiger partial charge < -0.3 is 14.2 Å². The number of amides is 1. The van der Waals surface area contributed by atoms with E-state index in [4.69, 9.17) is 4.74 Å². The zero-order chi connectivity index (χ0) is 18.6. The van der Waals surface area contributed by atoms with E-state index in [2.05, 4.69) is 27.9 Å². The number of aryl methyl sites for hydroxylation is 1. The zero-order valence-corrected chi connectivity index (χ0v) is 15.7. The van der Waals surface area contributed by atoms with Crippen LogP contribution < -0.4 is 0 Å². The van der Waals surface area contributed by atoms with Gasteiger partial charge >= 0.3 is 0 Å². The lowest BCUT2D eigenvalue weighted by atomic mass is 10.1. The van der Waals surface area contributed by atoms with Crippen molar-refractivity contribution in [3.63, 3.8) is 0 Å². The fourth-order valence-corrected chi connectivity index (χ4v) is 3.83. The van der Waals surface area contributed by atoms with Gasteiger partial charge in [0.1, 0.15) is 0 Å². The molecule has 0 radical (unpaired) electrons. The van der Waals surface area contributed by atoms with Gasteiger partial charge in [0.15, 0.2) is 0 Å². The first-order chi connectivity index (χ1) is 13.2. The normalized spacial score (nSPS) is 17.4. The monoisotopic (exact) mass is 363 g/mol. The highest BCUT2D eigenvalue weighted by molar-refractivity contribution is 5.89. The second-order valence-electron chi connectivity index (χ2n) is 7.20. The average Bonchev–Trinajstić information content (AvgIpc) is 3.03. The van der Waals surface area contributed by atoms with Crippen molar-refractivity contribution in [3.8, 4) is 0 Å². The minimum atomic E-state index is 0.0808. The highest BCUT2D eigenvalue weighted by atomic mass is 16.5. The Morgan fingerprint density at radius 3 is 2.93 bits per heavy atom. The van der Waals surface area contributed by atoms with Crippen LogP contribution in [0.5, 0.6) is 0 Å². The lowest BCUT2D eigenvalue weighted by Crippen LogP contribution is -2.43. The summed E-state index contributed by atoms with van der Waals surface area (Å²) in [6, 6.07) is 14.1. The zero-order valence-electron chi connectivity index (χ0n) is 15.7. The van der Waals surface area contributed by atoms with Gasteiger partial charge in [-0.1, -0.05) is 24.3 Å². The predicted octanol–water partition coefficient (Wildman–Crippen LogP) is 3.32. The van der Waals surface area contributed by atoms with Gasteiger partial charge in [-0.05, 0) is 36.6 Å². The number of para-hydroxylation sites is 1. The van der Waals surface area contributed by atoms with Gasteiger partial charge in [0, 0.05) is 43.4 Å². The molecule has 1 amide bonds. The molecule has 0 bridgehead atoms. The minimum absolute atomic E-state index is 0.0808. The molecule has 1 aliphatic heterocycles. The van der Waals surface area contributed by atoms with Crippen LogP contribution in [0.4, 0.5) is 0 Å². The topological polar surface area (TPSA) is 47.4 Å². The van der Waals surface area contributed by atoms with Gasteiger partial charge in [-0.15, -0.1) is 0 Å². The minimum Gasteiger partial charge on any atom is -0.370 e. The van der Waals surface area contributed by atoms with E-state index >= 15 is 0 Å². The maximum absolute atomic E-state index is 12.9. The van der Waals surface area contributed by atoms with Crippen molar-refractivity contribution in [2.75, 3.05) is 13.1 Å². The Morgan fingerprint density at radius 1 is 1.22 bits per heavy atom. The van der Waals surface area contributed by atoms with Crippen LogP contribution in [0.15, 0.2) is 54.9 Å². The van der Waals surface area contributed by atoms with Crippen LogP contribution in [0.3, 0.4) is 0 Å². The summed E-state index contributed by atoms with van der Waals surface area (Å²) in [5, 5.41) is 1.16. The van der Waals surface area contributed by atoms with Crippen LogP contribution in [0, 0.1) is 0 Å². The summed E-state index contributed by atoms with van der Waals surface area (Å²) in [5.41, 5.74) is 3.18. The summed E-state index contributed by atoms with van der Waals surface area (Å²) < 4.78 is 8.10. The van der Waals surface area contributed by atoms with Crippen molar-refractivity contribution < 1.29 is 9.53 Å². The predicted molar refractivity (Wildman–Crippen MR) is 105 cm³/mol. The number of carbonyl (C=O) groups is 1. The largest absolute Gasteiger partial charge is 0.370 e. The average molecular weight is 363 g/mol. The first-order valence-electron chi connectivity index (χ1n) is 9.53. The fourth-order valence-electron chi connectivity index (χ4n) is 3.83. The molecular formula is C22H25N3O2. The number of ether oxygens (including phenoxy) is 1. The van der Waals surface area contributed by atoms with E-state index in [1.54, 1.807) is 6.20 Å². The fraction of sp³-hybridized carbons (Fsp3) is 0.364. The van der Waals surface area contributed by atoms with Crippen LogP contribution >= 0.6 is 0 Å². The maximum Gasteiger partial charge on any atom is 0.227 e. The van der Waals surface area contributed by atoms with Gasteiger partial charge in [-0.25, -0.2) is 0 Å². The molecule has 27 heavy (non-hydrogen) atoms. The Hall–Kier alpha value is -2.66. The van der Waals surface area contributed by atoms with Crippen LogP contribution in [0.2, 0.25) is 0 Å². The number of aromatic nitrogens is 2. The standard InChI is InChI=1S/C22H25N3O2/c1-24-14-17(20-9-2-3-10-21(20)24)13-22(26)25-12-6-8-19(15-25)27-16-18-7-4-5-11-23-18/h2-5,7,9-11,14,19H,6,8,12-13,15-16H2,1H3. The number of likely N-dealkylation sites (tertiary alicyclic amines) is 1. The number of carbonyl (C=O) groups excluding carboxylic acids is 1. The highest BCUT2D eigenvalue weighted by Gasteiger charge is 2.25. The molecule has 4 rings (SSSR count). The molecule has 1 saturated heterocycles. The molecule has 140 valence electrons. The van der Waals surface area contributed by atoms with Crippen molar-refractivity contribution in [3.05, 3.63) is 66.1 Å². The number of hydrogen-bond donors (Lipinski definition) is 0. The number of piperidine rings is 1. The Balaban J connectivity index is 1.38. The molecule has 0 spiro atoms. The molecule has 5 heteroatoms. The van der Waals surface area contributed by atoms with Gasteiger partial charge in [0.05, 0.1) is 24.8 Å². The Kier molecular flexibility index (Phi) is 5.21. The molecule has 2 aromatic heterocycles. The number of hydrogen-bond acceptors (Lipinski definition) is 3. The molecule has 3 aromatic rings. The first kappa shape index (κ1) is 17.7. The molecule has 5 nitrogen and oxygen atoms in total. The molecule has 1 aromatic carbocycles. The number of pyridine rings is 1. The molecular weight excluding hydrogens is 338 g/mol. The van der Waals surface area contributed by atoms with Crippen molar-refractivity contribution in [1.29, 1.82) is 0 Å². The van der Waals surface area contributed by atoms with E-state index in [9.17, 15) is 4.79 Å². The summed E-state index contributed by atoms with van der Waals surface area (Å²) in [6.07, 6.45) is 6.34. The van der Waals surface area contributed by atoms with Gasteiger partial charge in [-0.3, -0.25) is 9.78 Å². The van der Waals surface area contributed by atoms with Crippen LogP contribution in [-0.4, -0.2) is 39.6 Å². The van der Waals surface area contributed by atoms with E-state index in [-0.39, 0.29) is 12.0 Å². The summed E-state index contributed by atoms with van der Waals surface area (Å²) in [5.74, 6) is 0.178. The molecule has 0 saturated carbocycles. The third-order valence-corrected chi connectivity index (χ3v) is 5.25. The summed E-state index contributed by atoms with van der Waals surface area (Å²) >= 11 is 0. The Morgan fingerprint density at radius 2 is 2.07 bits per heavy atom. The third kappa shape index (κ3) is 4.03. The molecule has 1 unspecified atom stereocenters. The van der Waals surface area contributed by atoms with Crippen molar-refractivity contribution >= 4 is 16.8 Å².